The number of carbonyl (C=O) groups excluding carboxylic acids is 1. The number of hydrogen-bond acceptors (Lipinski definition) is 4. The van der Waals surface area contributed by atoms with E-state index >= 15 is 0 Å². The maximum absolute atomic E-state index is 12.8. The first kappa shape index (κ1) is 19.7. The van der Waals surface area contributed by atoms with Gasteiger partial charge in [-0.1, -0.05) is 54.8 Å². The van der Waals surface area contributed by atoms with Crippen molar-refractivity contribution in [1.29, 1.82) is 0 Å². The van der Waals surface area contributed by atoms with Gasteiger partial charge in [-0.3, -0.25) is 14.9 Å². The Balaban J connectivity index is 1.85. The van der Waals surface area contributed by atoms with E-state index in [4.69, 9.17) is 11.6 Å². The van der Waals surface area contributed by atoms with Crippen LogP contribution in [0.1, 0.15) is 42.5 Å². The minimum absolute atomic E-state index is 0.0807. The fourth-order valence-corrected chi connectivity index (χ4v) is 4.54. The van der Waals surface area contributed by atoms with Gasteiger partial charge in [0, 0.05) is 29.6 Å². The lowest BCUT2D eigenvalue weighted by Crippen LogP contribution is -2.38. The Morgan fingerprint density at radius 1 is 1.15 bits per heavy atom. The van der Waals surface area contributed by atoms with Gasteiger partial charge in [0.1, 0.15) is 0 Å². The molecule has 0 unspecified atom stereocenters. The van der Waals surface area contributed by atoms with E-state index in [1.54, 1.807) is 30.1 Å². The van der Waals surface area contributed by atoms with Crippen molar-refractivity contribution in [2.45, 2.75) is 47.9 Å². The van der Waals surface area contributed by atoms with E-state index in [-0.39, 0.29) is 17.6 Å². The molecule has 0 radical (unpaired) electrons. The quantitative estimate of drug-likeness (QED) is 0.466. The molecule has 1 aliphatic carbocycles. The topological polar surface area (TPSA) is 63.5 Å². The van der Waals surface area contributed by atoms with E-state index in [0.29, 0.717) is 15.5 Å². The summed E-state index contributed by atoms with van der Waals surface area (Å²) in [6.07, 6.45) is 5.43. The smallest absolute Gasteiger partial charge is 0.284 e. The number of rotatable bonds is 5. The van der Waals surface area contributed by atoms with E-state index < -0.39 is 4.92 Å². The third kappa shape index (κ3) is 4.62. The van der Waals surface area contributed by atoms with Crippen molar-refractivity contribution in [1.82, 2.24) is 4.90 Å². The molecule has 1 aliphatic rings. The Morgan fingerprint density at radius 2 is 1.85 bits per heavy atom. The number of nitro groups is 1. The van der Waals surface area contributed by atoms with Gasteiger partial charge >= 0.3 is 0 Å². The summed E-state index contributed by atoms with van der Waals surface area (Å²) in [6.45, 7) is 0. The molecule has 5 nitrogen and oxygen atoms in total. The van der Waals surface area contributed by atoms with Crippen molar-refractivity contribution >= 4 is 35.0 Å². The fourth-order valence-electron chi connectivity index (χ4n) is 3.36. The van der Waals surface area contributed by atoms with Gasteiger partial charge in [0.15, 0.2) is 0 Å². The van der Waals surface area contributed by atoms with E-state index in [1.807, 2.05) is 18.2 Å². The van der Waals surface area contributed by atoms with Crippen LogP contribution in [0.5, 0.6) is 0 Å². The molecule has 27 heavy (non-hydrogen) atoms. The minimum Gasteiger partial charge on any atom is -0.339 e. The zero-order valence-corrected chi connectivity index (χ0v) is 16.6. The molecule has 0 atom stereocenters. The first-order chi connectivity index (χ1) is 13.0. The minimum atomic E-state index is -0.448. The molecular formula is C20H21ClN2O3S. The highest BCUT2D eigenvalue weighted by atomic mass is 35.5. The van der Waals surface area contributed by atoms with Gasteiger partial charge in [-0.15, -0.1) is 0 Å². The molecule has 0 N–H and O–H groups in total. The van der Waals surface area contributed by atoms with E-state index in [2.05, 4.69) is 0 Å². The Hall–Kier alpha value is -2.05. The first-order valence-electron chi connectivity index (χ1n) is 8.95. The standard InChI is InChI=1S/C20H21ClN2O3S/c1-22(15-7-3-2-4-8-15)20(24)14-11-12-19(17(13-14)23(25)26)27-18-10-6-5-9-16(18)21/h5-6,9-13,15H,2-4,7-8H2,1H3. The molecule has 0 aliphatic heterocycles. The van der Waals surface area contributed by atoms with E-state index in [1.165, 1.54) is 24.2 Å². The van der Waals surface area contributed by atoms with Crippen LogP contribution in [0.3, 0.4) is 0 Å². The van der Waals surface area contributed by atoms with Crippen molar-refractivity contribution < 1.29 is 9.72 Å². The molecule has 0 heterocycles. The van der Waals surface area contributed by atoms with Crippen molar-refractivity contribution in [2.24, 2.45) is 0 Å². The summed E-state index contributed by atoms with van der Waals surface area (Å²) < 4.78 is 0. The van der Waals surface area contributed by atoms with Gasteiger partial charge in [0.05, 0.1) is 14.8 Å². The zero-order chi connectivity index (χ0) is 19.4. The second kappa shape index (κ2) is 8.76. The van der Waals surface area contributed by atoms with Gasteiger partial charge in [0.2, 0.25) is 0 Å². The molecule has 1 amide bonds. The number of hydrogen-bond donors (Lipinski definition) is 0. The molecule has 2 aromatic rings. The second-order valence-corrected chi connectivity index (χ2v) is 8.17. The fraction of sp³-hybridized carbons (Fsp3) is 0.350. The lowest BCUT2D eigenvalue weighted by molar-refractivity contribution is -0.387. The highest BCUT2D eigenvalue weighted by molar-refractivity contribution is 7.99. The summed E-state index contributed by atoms with van der Waals surface area (Å²) >= 11 is 7.39. The van der Waals surface area contributed by atoms with Gasteiger partial charge < -0.3 is 4.90 Å². The number of nitro benzene ring substituents is 1. The molecule has 7 heteroatoms. The summed E-state index contributed by atoms with van der Waals surface area (Å²) in [5, 5.41) is 12.1. The first-order valence-corrected chi connectivity index (χ1v) is 10.1. The molecule has 0 spiro atoms. The van der Waals surface area contributed by atoms with Gasteiger partial charge in [-0.05, 0) is 37.1 Å². The molecule has 142 valence electrons. The maximum Gasteiger partial charge on any atom is 0.284 e. The molecule has 2 aromatic carbocycles. The zero-order valence-electron chi connectivity index (χ0n) is 15.1. The average Bonchev–Trinajstić information content (AvgIpc) is 2.69. The largest absolute Gasteiger partial charge is 0.339 e. The van der Waals surface area contributed by atoms with Crippen LogP contribution < -0.4 is 0 Å². The molecule has 1 saturated carbocycles. The third-order valence-electron chi connectivity index (χ3n) is 4.90. The lowest BCUT2D eigenvalue weighted by atomic mass is 9.94. The van der Waals surface area contributed by atoms with Crippen molar-refractivity contribution in [3.05, 3.63) is 63.2 Å². The molecule has 0 aromatic heterocycles. The van der Waals surface area contributed by atoms with Crippen LogP contribution in [0.25, 0.3) is 0 Å². The lowest BCUT2D eigenvalue weighted by Gasteiger charge is -2.31. The summed E-state index contributed by atoms with van der Waals surface area (Å²) in [4.78, 5) is 26.9. The highest BCUT2D eigenvalue weighted by Crippen LogP contribution is 2.38. The highest BCUT2D eigenvalue weighted by Gasteiger charge is 2.25. The van der Waals surface area contributed by atoms with Gasteiger partial charge in [0.25, 0.3) is 11.6 Å². The molecule has 0 bridgehead atoms. The summed E-state index contributed by atoms with van der Waals surface area (Å²) in [5.41, 5.74) is 0.265. The van der Waals surface area contributed by atoms with Crippen LogP contribution in [0.15, 0.2) is 52.3 Å². The maximum atomic E-state index is 12.8. The Morgan fingerprint density at radius 3 is 2.52 bits per heavy atom. The van der Waals surface area contributed by atoms with Crippen LogP contribution >= 0.6 is 23.4 Å². The summed E-state index contributed by atoms with van der Waals surface area (Å²) in [7, 11) is 1.79. The summed E-state index contributed by atoms with van der Waals surface area (Å²) in [6, 6.07) is 12.1. The number of amides is 1. The van der Waals surface area contributed by atoms with Crippen LogP contribution in [0.2, 0.25) is 5.02 Å². The average molecular weight is 405 g/mol. The van der Waals surface area contributed by atoms with Crippen LogP contribution in [0.4, 0.5) is 5.69 Å². The van der Waals surface area contributed by atoms with Gasteiger partial charge in [-0.25, -0.2) is 0 Å². The van der Waals surface area contributed by atoms with Crippen LogP contribution in [-0.2, 0) is 0 Å². The Kier molecular flexibility index (Phi) is 6.39. The SMILES string of the molecule is CN(C(=O)c1ccc(Sc2ccccc2Cl)c([N+](=O)[O-])c1)C1CCCCC1. The summed E-state index contributed by atoms with van der Waals surface area (Å²) in [5.74, 6) is -0.167. The van der Waals surface area contributed by atoms with Crippen molar-refractivity contribution in [2.75, 3.05) is 7.05 Å². The second-order valence-electron chi connectivity index (χ2n) is 6.68. The predicted molar refractivity (Wildman–Crippen MR) is 108 cm³/mol. The third-order valence-corrected chi connectivity index (χ3v) is 6.48. The van der Waals surface area contributed by atoms with Gasteiger partial charge in [-0.2, -0.15) is 0 Å². The Bertz CT molecular complexity index is 853. The van der Waals surface area contributed by atoms with Crippen LogP contribution in [0, 0.1) is 10.1 Å². The number of halogens is 1. The molecule has 0 saturated heterocycles. The normalized spacial score (nSPS) is 14.7. The molecular weight excluding hydrogens is 384 g/mol. The predicted octanol–water partition coefficient (Wildman–Crippen LogP) is 5.80. The van der Waals surface area contributed by atoms with Crippen molar-refractivity contribution in [3.63, 3.8) is 0 Å². The van der Waals surface area contributed by atoms with E-state index in [9.17, 15) is 14.9 Å². The Labute approximate surface area is 167 Å². The molecule has 1 fully saturated rings. The number of carbonyl (C=O) groups is 1. The molecule has 3 rings (SSSR count). The number of nitrogens with zero attached hydrogens (tertiary/aromatic N) is 2. The monoisotopic (exact) mass is 404 g/mol. The number of benzene rings is 2. The van der Waals surface area contributed by atoms with Crippen molar-refractivity contribution in [3.8, 4) is 0 Å². The van der Waals surface area contributed by atoms with Crippen LogP contribution in [-0.4, -0.2) is 28.8 Å². The van der Waals surface area contributed by atoms with E-state index in [0.717, 1.165) is 30.6 Å².